The van der Waals surface area contributed by atoms with Gasteiger partial charge in [-0.25, -0.2) is 15.0 Å². The summed E-state index contributed by atoms with van der Waals surface area (Å²) in [5.74, 6) is -0.493. The topological polar surface area (TPSA) is 102 Å². The number of rotatable bonds is 6. The quantitative estimate of drug-likeness (QED) is 0.416. The fraction of sp³-hybridized carbons (Fsp3) is 0.269. The zero-order valence-electron chi connectivity index (χ0n) is 20.1. The van der Waals surface area contributed by atoms with Gasteiger partial charge in [-0.1, -0.05) is 18.2 Å². The SMILES string of the molecule is O=C(Cc1cccc(-c2cnc3cc(-c4nccc(C(=O)N5CCOCC5)n4)ccn23)c1)NCC(F)(F)F. The Bertz CT molecular complexity index is 1480. The standard InChI is InChI=1S/C26H23F3N6O3/c27-26(28,29)16-32-23(36)13-17-2-1-3-18(12-17)21-15-31-22-14-19(5-7-35(21)22)24-30-6-4-20(33-24)25(37)34-8-10-38-11-9-34/h1-7,12,14-15H,8-11,13,16H2,(H,32,36). The van der Waals surface area contributed by atoms with Crippen molar-refractivity contribution < 1.29 is 27.5 Å². The molecule has 38 heavy (non-hydrogen) atoms. The third-order valence-electron chi connectivity index (χ3n) is 6.02. The zero-order valence-corrected chi connectivity index (χ0v) is 20.1. The highest BCUT2D eigenvalue weighted by Gasteiger charge is 2.27. The Morgan fingerprint density at radius 3 is 2.63 bits per heavy atom. The second-order valence-electron chi connectivity index (χ2n) is 8.73. The fourth-order valence-electron chi connectivity index (χ4n) is 4.17. The Morgan fingerprint density at radius 1 is 1.03 bits per heavy atom. The van der Waals surface area contributed by atoms with Gasteiger partial charge in [0.25, 0.3) is 5.91 Å². The molecule has 1 fully saturated rings. The molecular weight excluding hydrogens is 501 g/mol. The Balaban J connectivity index is 1.35. The third kappa shape index (κ3) is 5.80. The van der Waals surface area contributed by atoms with Crippen molar-refractivity contribution in [3.8, 4) is 22.6 Å². The molecule has 1 aliphatic rings. The lowest BCUT2D eigenvalue weighted by molar-refractivity contribution is -0.138. The van der Waals surface area contributed by atoms with Gasteiger partial charge in [0.1, 0.15) is 17.9 Å². The summed E-state index contributed by atoms with van der Waals surface area (Å²) in [5, 5.41) is 1.88. The summed E-state index contributed by atoms with van der Waals surface area (Å²) in [7, 11) is 0. The van der Waals surface area contributed by atoms with Crippen LogP contribution in [0.15, 0.2) is 61.1 Å². The molecule has 1 aliphatic heterocycles. The van der Waals surface area contributed by atoms with Crippen LogP contribution in [0.25, 0.3) is 28.3 Å². The van der Waals surface area contributed by atoms with E-state index in [0.717, 1.165) is 11.3 Å². The van der Waals surface area contributed by atoms with Gasteiger partial charge in [0.05, 0.1) is 31.5 Å². The minimum atomic E-state index is -4.46. The number of pyridine rings is 1. The third-order valence-corrected chi connectivity index (χ3v) is 6.02. The lowest BCUT2D eigenvalue weighted by atomic mass is 10.1. The molecule has 3 aromatic heterocycles. The van der Waals surface area contributed by atoms with E-state index in [2.05, 4.69) is 15.0 Å². The molecule has 1 N–H and O–H groups in total. The van der Waals surface area contributed by atoms with Crippen LogP contribution >= 0.6 is 0 Å². The molecule has 0 saturated carbocycles. The highest BCUT2D eigenvalue weighted by atomic mass is 19.4. The number of nitrogens with one attached hydrogen (secondary N) is 1. The van der Waals surface area contributed by atoms with E-state index in [1.165, 1.54) is 0 Å². The summed E-state index contributed by atoms with van der Waals surface area (Å²) in [4.78, 5) is 39.7. The molecule has 5 rings (SSSR count). The largest absolute Gasteiger partial charge is 0.405 e. The molecule has 4 aromatic rings. The summed E-state index contributed by atoms with van der Waals surface area (Å²) in [5.41, 5.74) is 3.66. The van der Waals surface area contributed by atoms with Crippen LogP contribution in [-0.4, -0.2) is 75.1 Å². The number of benzene rings is 1. The maximum Gasteiger partial charge on any atom is 0.405 e. The first kappa shape index (κ1) is 25.3. The first-order valence-corrected chi connectivity index (χ1v) is 11.9. The fourth-order valence-corrected chi connectivity index (χ4v) is 4.17. The molecule has 0 bridgehead atoms. The molecule has 0 aliphatic carbocycles. The van der Waals surface area contributed by atoms with Crippen molar-refractivity contribution in [2.45, 2.75) is 12.6 Å². The van der Waals surface area contributed by atoms with Crippen molar-refractivity contribution in [2.24, 2.45) is 0 Å². The molecule has 1 aromatic carbocycles. The molecule has 0 spiro atoms. The number of halogens is 3. The number of imidazole rings is 1. The van der Waals surface area contributed by atoms with Gasteiger partial charge in [-0.2, -0.15) is 13.2 Å². The first-order chi connectivity index (χ1) is 18.3. The molecule has 1 saturated heterocycles. The summed E-state index contributed by atoms with van der Waals surface area (Å²) >= 11 is 0. The molecule has 9 nitrogen and oxygen atoms in total. The van der Waals surface area contributed by atoms with Crippen LogP contribution in [0.3, 0.4) is 0 Å². The Hall–Kier alpha value is -4.32. The number of amides is 2. The predicted octanol–water partition coefficient (Wildman–Crippen LogP) is 3.15. The molecule has 196 valence electrons. The van der Waals surface area contributed by atoms with Crippen molar-refractivity contribution in [3.63, 3.8) is 0 Å². The van der Waals surface area contributed by atoms with Crippen LogP contribution in [0.4, 0.5) is 13.2 Å². The molecule has 0 radical (unpaired) electrons. The first-order valence-electron chi connectivity index (χ1n) is 11.9. The lowest BCUT2D eigenvalue weighted by Crippen LogP contribution is -2.41. The smallest absolute Gasteiger partial charge is 0.378 e. The van der Waals surface area contributed by atoms with Crippen LogP contribution in [0.2, 0.25) is 0 Å². The number of hydrogen-bond acceptors (Lipinski definition) is 6. The average Bonchev–Trinajstić information content (AvgIpc) is 3.35. The Morgan fingerprint density at radius 2 is 1.84 bits per heavy atom. The summed E-state index contributed by atoms with van der Waals surface area (Å²) in [6.07, 6.45) is 0.378. The number of morpholine rings is 1. The van der Waals surface area contributed by atoms with Crippen molar-refractivity contribution in [1.29, 1.82) is 0 Å². The Kier molecular flexibility index (Phi) is 7.05. The highest BCUT2D eigenvalue weighted by Crippen LogP contribution is 2.25. The number of aromatic nitrogens is 4. The van der Waals surface area contributed by atoms with Crippen molar-refractivity contribution >= 4 is 17.5 Å². The number of hydrogen-bond donors (Lipinski definition) is 1. The van der Waals surface area contributed by atoms with E-state index in [-0.39, 0.29) is 12.3 Å². The maximum absolute atomic E-state index is 12.8. The van der Waals surface area contributed by atoms with Gasteiger partial charge in [-0.3, -0.25) is 14.0 Å². The average molecular weight is 525 g/mol. The molecule has 2 amide bonds. The molecular formula is C26H23F3N6O3. The second-order valence-corrected chi connectivity index (χ2v) is 8.73. The van der Waals surface area contributed by atoms with Gasteiger partial charge >= 0.3 is 6.18 Å². The number of carbonyl (C=O) groups is 2. The van der Waals surface area contributed by atoms with Gasteiger partial charge in [0.15, 0.2) is 5.82 Å². The van der Waals surface area contributed by atoms with E-state index in [9.17, 15) is 22.8 Å². The summed E-state index contributed by atoms with van der Waals surface area (Å²) in [6.45, 7) is 0.656. The number of nitrogens with zero attached hydrogens (tertiary/aromatic N) is 5. The normalized spacial score (nSPS) is 14.0. The Labute approximate surface area is 215 Å². The van der Waals surface area contributed by atoms with Crippen LogP contribution in [0.1, 0.15) is 16.1 Å². The van der Waals surface area contributed by atoms with E-state index < -0.39 is 18.6 Å². The van der Waals surface area contributed by atoms with Crippen molar-refractivity contribution in [1.82, 2.24) is 29.6 Å². The summed E-state index contributed by atoms with van der Waals surface area (Å²) < 4.78 is 44.3. The summed E-state index contributed by atoms with van der Waals surface area (Å²) in [6, 6.07) is 12.2. The molecule has 4 heterocycles. The number of alkyl halides is 3. The number of carbonyl (C=O) groups excluding carboxylic acids is 2. The van der Waals surface area contributed by atoms with Gasteiger partial charge in [-0.05, 0) is 29.8 Å². The van der Waals surface area contributed by atoms with Crippen LogP contribution in [0.5, 0.6) is 0 Å². The number of fused-ring (bicyclic) bond motifs is 1. The van der Waals surface area contributed by atoms with Crippen LogP contribution < -0.4 is 5.32 Å². The minimum Gasteiger partial charge on any atom is -0.378 e. The zero-order chi connectivity index (χ0) is 26.7. The van der Waals surface area contributed by atoms with E-state index in [1.54, 1.807) is 53.8 Å². The van der Waals surface area contributed by atoms with E-state index >= 15 is 0 Å². The minimum absolute atomic E-state index is 0.173. The van der Waals surface area contributed by atoms with Gasteiger partial charge in [0.2, 0.25) is 5.91 Å². The van der Waals surface area contributed by atoms with Gasteiger partial charge < -0.3 is 15.0 Å². The lowest BCUT2D eigenvalue weighted by Gasteiger charge is -2.26. The van der Waals surface area contributed by atoms with Crippen molar-refractivity contribution in [3.05, 3.63) is 72.3 Å². The number of ether oxygens (including phenoxy) is 1. The molecule has 12 heteroatoms. The maximum atomic E-state index is 12.8. The van der Waals surface area contributed by atoms with E-state index in [4.69, 9.17) is 4.74 Å². The van der Waals surface area contributed by atoms with Crippen molar-refractivity contribution in [2.75, 3.05) is 32.8 Å². The second kappa shape index (κ2) is 10.6. The van der Waals surface area contributed by atoms with Crippen LogP contribution in [0, 0.1) is 0 Å². The monoisotopic (exact) mass is 524 g/mol. The molecule has 0 atom stereocenters. The highest BCUT2D eigenvalue weighted by molar-refractivity contribution is 5.92. The van der Waals surface area contributed by atoms with E-state index in [0.29, 0.717) is 54.6 Å². The predicted molar refractivity (Wildman–Crippen MR) is 131 cm³/mol. The van der Waals surface area contributed by atoms with Gasteiger partial charge in [-0.15, -0.1) is 0 Å². The van der Waals surface area contributed by atoms with Gasteiger partial charge in [0, 0.05) is 36.6 Å². The van der Waals surface area contributed by atoms with E-state index in [1.807, 2.05) is 21.9 Å². The molecule has 0 unspecified atom stereocenters. The van der Waals surface area contributed by atoms with Crippen LogP contribution in [-0.2, 0) is 16.0 Å².